The van der Waals surface area contributed by atoms with E-state index in [0.717, 1.165) is 22.0 Å². The van der Waals surface area contributed by atoms with Crippen LogP contribution in [0.5, 0.6) is 0 Å². The van der Waals surface area contributed by atoms with Crippen molar-refractivity contribution in [1.82, 2.24) is 0 Å². The fourth-order valence-corrected chi connectivity index (χ4v) is 1.48. The predicted molar refractivity (Wildman–Crippen MR) is 51.7 cm³/mol. The van der Waals surface area contributed by atoms with Gasteiger partial charge in [0.1, 0.15) is 0 Å². The number of carbonyl (C=O) groups excluding carboxylic acids is 1. The lowest BCUT2D eigenvalue weighted by molar-refractivity contribution is -0.138. The van der Waals surface area contributed by atoms with E-state index in [4.69, 9.17) is 16.3 Å². The molecule has 0 bridgehead atoms. The van der Waals surface area contributed by atoms with Gasteiger partial charge in [-0.05, 0) is 13.3 Å². The first-order valence-electron chi connectivity index (χ1n) is 3.77. The minimum atomic E-state index is -0.302. The maximum atomic E-state index is 10.8. The Hall–Kier alpha value is -0.283. The molecule has 68 valence electrons. The van der Waals surface area contributed by atoms with Crippen LogP contribution in [0.2, 0.25) is 6.04 Å². The lowest BCUT2D eigenvalue weighted by Crippen LogP contribution is -2.06. The molecule has 0 N–H and O–H groups in total. The summed E-state index contributed by atoms with van der Waals surface area (Å²) >= 11 is 5.48. The average Bonchev–Trinajstić information content (AvgIpc) is 2.03. The standard InChI is InChI=1S/C8H13ClO2Si/c1-7(2)8(10)11-4-3-5-12-6-9/h1,3-6H2,2H3. The van der Waals surface area contributed by atoms with Crippen LogP contribution in [-0.2, 0) is 9.53 Å². The van der Waals surface area contributed by atoms with E-state index in [2.05, 4.69) is 6.58 Å². The molecule has 0 aromatic rings. The fourth-order valence-electron chi connectivity index (χ4n) is 0.552. The van der Waals surface area contributed by atoms with Gasteiger partial charge in [0.2, 0.25) is 0 Å². The average molecular weight is 205 g/mol. The van der Waals surface area contributed by atoms with Crippen LogP contribution < -0.4 is 0 Å². The molecule has 0 atom stereocenters. The van der Waals surface area contributed by atoms with E-state index in [0.29, 0.717) is 17.7 Å². The molecule has 0 aliphatic carbocycles. The minimum Gasteiger partial charge on any atom is -0.462 e. The van der Waals surface area contributed by atoms with Crippen molar-refractivity contribution in [2.24, 2.45) is 0 Å². The van der Waals surface area contributed by atoms with Crippen molar-refractivity contribution in [3.8, 4) is 0 Å². The van der Waals surface area contributed by atoms with Crippen molar-refractivity contribution in [3.63, 3.8) is 0 Å². The number of rotatable bonds is 6. The van der Waals surface area contributed by atoms with E-state index in [1.165, 1.54) is 0 Å². The largest absolute Gasteiger partial charge is 0.462 e. The summed E-state index contributed by atoms with van der Waals surface area (Å²) in [5.74, 6) is -0.302. The summed E-state index contributed by atoms with van der Waals surface area (Å²) in [5, 5.41) is 0. The lowest BCUT2D eigenvalue weighted by Gasteiger charge is -2.02. The Labute approximate surface area is 80.8 Å². The molecule has 4 heteroatoms. The van der Waals surface area contributed by atoms with Crippen LogP contribution in [0.4, 0.5) is 0 Å². The Balaban J connectivity index is 3.20. The molecular formula is C8H13ClO2Si. The van der Waals surface area contributed by atoms with Crippen molar-refractivity contribution < 1.29 is 9.53 Å². The summed E-state index contributed by atoms with van der Waals surface area (Å²) in [6.07, 6.45) is 0.893. The van der Waals surface area contributed by atoms with Crippen LogP contribution in [0.1, 0.15) is 13.3 Å². The molecule has 0 aromatic carbocycles. The molecule has 0 aromatic heterocycles. The topological polar surface area (TPSA) is 26.3 Å². The van der Waals surface area contributed by atoms with E-state index in [1.54, 1.807) is 6.92 Å². The number of halogens is 1. The molecule has 0 aliphatic rings. The van der Waals surface area contributed by atoms with Gasteiger partial charge in [-0.15, -0.1) is 11.6 Å². The Kier molecular flexibility index (Phi) is 7.20. The molecule has 0 unspecified atom stereocenters. The van der Waals surface area contributed by atoms with E-state index in [-0.39, 0.29) is 5.97 Å². The second kappa shape index (κ2) is 7.37. The molecule has 0 aliphatic heterocycles. The summed E-state index contributed by atoms with van der Waals surface area (Å²) in [7, 11) is 0.765. The molecule has 12 heavy (non-hydrogen) atoms. The van der Waals surface area contributed by atoms with Gasteiger partial charge >= 0.3 is 5.97 Å². The summed E-state index contributed by atoms with van der Waals surface area (Å²) in [6.45, 7) is 5.60. The Morgan fingerprint density at radius 1 is 1.67 bits per heavy atom. The molecule has 0 amide bonds. The van der Waals surface area contributed by atoms with Crippen LogP contribution >= 0.6 is 11.6 Å². The van der Waals surface area contributed by atoms with Gasteiger partial charge < -0.3 is 4.74 Å². The fraction of sp³-hybridized carbons (Fsp3) is 0.625. The van der Waals surface area contributed by atoms with Gasteiger partial charge in [0.25, 0.3) is 0 Å². The number of alkyl halides is 1. The Bertz CT molecular complexity index is 159. The SMILES string of the molecule is C=C(C)C(=O)OCCC[Si]CCl. The number of hydrogen-bond acceptors (Lipinski definition) is 2. The predicted octanol–water partition coefficient (Wildman–Crippen LogP) is 1.81. The smallest absolute Gasteiger partial charge is 0.333 e. The van der Waals surface area contributed by atoms with E-state index in [1.807, 2.05) is 0 Å². The molecule has 2 nitrogen and oxygen atoms in total. The van der Waals surface area contributed by atoms with Gasteiger partial charge in [-0.2, -0.15) is 0 Å². The second-order valence-electron chi connectivity index (χ2n) is 2.40. The van der Waals surface area contributed by atoms with Gasteiger partial charge in [-0.3, -0.25) is 0 Å². The van der Waals surface area contributed by atoms with Crippen molar-refractivity contribution >= 4 is 27.1 Å². The monoisotopic (exact) mass is 204 g/mol. The van der Waals surface area contributed by atoms with Gasteiger partial charge in [-0.25, -0.2) is 4.79 Å². The second-order valence-corrected chi connectivity index (χ2v) is 4.47. The highest BCUT2D eigenvalue weighted by Crippen LogP contribution is 1.96. The molecular weight excluding hydrogens is 192 g/mol. The normalized spacial score (nSPS) is 9.50. The van der Waals surface area contributed by atoms with E-state index in [9.17, 15) is 4.79 Å². The highest BCUT2D eigenvalue weighted by molar-refractivity contribution is 6.50. The number of esters is 1. The lowest BCUT2D eigenvalue weighted by atomic mass is 10.4. The van der Waals surface area contributed by atoms with Crippen LogP contribution in [0.3, 0.4) is 0 Å². The summed E-state index contributed by atoms with van der Waals surface area (Å²) in [5.41, 5.74) is 1.16. The van der Waals surface area contributed by atoms with Crippen LogP contribution in [-0.4, -0.2) is 27.6 Å². The summed E-state index contributed by atoms with van der Waals surface area (Å²) < 4.78 is 4.87. The number of ether oxygens (including phenoxy) is 1. The zero-order chi connectivity index (χ0) is 9.40. The third kappa shape index (κ3) is 6.43. The van der Waals surface area contributed by atoms with Crippen LogP contribution in [0.15, 0.2) is 12.2 Å². The molecule has 0 saturated carbocycles. The zero-order valence-electron chi connectivity index (χ0n) is 7.23. The molecule has 0 rings (SSSR count). The maximum Gasteiger partial charge on any atom is 0.333 e. The summed E-state index contributed by atoms with van der Waals surface area (Å²) in [4.78, 5) is 10.8. The van der Waals surface area contributed by atoms with Gasteiger partial charge in [0.05, 0.1) is 16.1 Å². The maximum absolute atomic E-state index is 10.8. The van der Waals surface area contributed by atoms with Gasteiger partial charge in [0, 0.05) is 11.1 Å². The first-order chi connectivity index (χ1) is 5.68. The molecule has 0 heterocycles. The Morgan fingerprint density at radius 2 is 2.33 bits per heavy atom. The number of carbonyl (C=O) groups is 1. The van der Waals surface area contributed by atoms with Crippen molar-refractivity contribution in [1.29, 1.82) is 0 Å². The molecule has 0 saturated heterocycles. The molecule has 0 spiro atoms. The quantitative estimate of drug-likeness (QED) is 0.217. The molecule has 0 fully saturated rings. The highest BCUT2D eigenvalue weighted by Gasteiger charge is 2.01. The van der Waals surface area contributed by atoms with E-state index >= 15 is 0 Å². The molecule has 2 radical (unpaired) electrons. The van der Waals surface area contributed by atoms with Crippen LogP contribution in [0, 0.1) is 0 Å². The van der Waals surface area contributed by atoms with Gasteiger partial charge in [-0.1, -0.05) is 12.6 Å². The van der Waals surface area contributed by atoms with Crippen molar-refractivity contribution in [3.05, 3.63) is 12.2 Å². The van der Waals surface area contributed by atoms with Gasteiger partial charge in [0.15, 0.2) is 0 Å². The minimum absolute atomic E-state index is 0.302. The first kappa shape index (κ1) is 11.7. The highest BCUT2D eigenvalue weighted by atomic mass is 35.5. The first-order valence-corrected chi connectivity index (χ1v) is 5.72. The summed E-state index contributed by atoms with van der Waals surface area (Å²) in [6, 6.07) is 1.03. The zero-order valence-corrected chi connectivity index (χ0v) is 8.99. The van der Waals surface area contributed by atoms with Crippen LogP contribution in [0.25, 0.3) is 0 Å². The van der Waals surface area contributed by atoms with E-state index < -0.39 is 0 Å². The van der Waals surface area contributed by atoms with Crippen molar-refractivity contribution in [2.75, 3.05) is 12.1 Å². The van der Waals surface area contributed by atoms with Crippen molar-refractivity contribution in [2.45, 2.75) is 19.4 Å². The third-order valence-corrected chi connectivity index (χ3v) is 2.64. The third-order valence-electron chi connectivity index (χ3n) is 1.17. The Morgan fingerprint density at radius 3 is 2.83 bits per heavy atom. The number of hydrogen-bond donors (Lipinski definition) is 0.